The molecule has 28 heavy (non-hydrogen) atoms. The fourth-order valence-corrected chi connectivity index (χ4v) is 3.69. The van der Waals surface area contributed by atoms with E-state index in [1.54, 1.807) is 25.1 Å². The van der Waals surface area contributed by atoms with E-state index in [4.69, 9.17) is 21.1 Å². The van der Waals surface area contributed by atoms with Gasteiger partial charge in [0, 0.05) is 18.7 Å². The molecule has 1 aromatic carbocycles. The molecule has 1 aliphatic heterocycles. The summed E-state index contributed by atoms with van der Waals surface area (Å²) in [5.41, 5.74) is -1.18. The van der Waals surface area contributed by atoms with Gasteiger partial charge in [-0.25, -0.2) is 14.0 Å². The number of carbonyl (C=O) groups excluding carboxylic acids is 1. The van der Waals surface area contributed by atoms with Crippen LogP contribution in [0.15, 0.2) is 52.2 Å². The van der Waals surface area contributed by atoms with Crippen molar-refractivity contribution < 1.29 is 18.7 Å². The zero-order valence-corrected chi connectivity index (χ0v) is 16.1. The Morgan fingerprint density at radius 1 is 1.32 bits per heavy atom. The largest absolute Gasteiger partial charge is 0.451 e. The number of carbonyl (C=O) groups is 1. The average molecular weight is 411 g/mol. The van der Waals surface area contributed by atoms with Gasteiger partial charge in [-0.15, -0.1) is 11.6 Å². The summed E-state index contributed by atoms with van der Waals surface area (Å²) in [6.45, 7) is 3.17. The lowest BCUT2D eigenvalue weighted by Crippen LogP contribution is -2.47. The highest BCUT2D eigenvalue weighted by Crippen LogP contribution is 2.52. The monoisotopic (exact) mass is 410 g/mol. The van der Waals surface area contributed by atoms with Crippen molar-refractivity contribution in [3.8, 4) is 0 Å². The second-order valence-electron chi connectivity index (χ2n) is 6.83. The highest BCUT2D eigenvalue weighted by atomic mass is 35.5. The molecule has 1 fully saturated rings. The Morgan fingerprint density at radius 2 is 2.00 bits per heavy atom. The van der Waals surface area contributed by atoms with E-state index in [0.717, 1.165) is 10.6 Å². The lowest BCUT2D eigenvalue weighted by Gasteiger charge is -2.30. The predicted octanol–water partition coefficient (Wildman–Crippen LogP) is 2.75. The summed E-state index contributed by atoms with van der Waals surface area (Å²) >= 11 is 6.60. The van der Waals surface area contributed by atoms with Crippen LogP contribution >= 0.6 is 11.6 Å². The summed E-state index contributed by atoms with van der Waals surface area (Å²) in [6, 6.07) is 9.20. The summed E-state index contributed by atoms with van der Waals surface area (Å²) < 4.78 is 27.7. The lowest BCUT2D eigenvalue weighted by molar-refractivity contribution is -0.192. The van der Waals surface area contributed by atoms with Crippen LogP contribution in [0.1, 0.15) is 43.3 Å². The molecule has 1 aromatic heterocycles. The molecule has 0 amide bonds. The SMILES string of the molecule is CCCC1(F)OC(n2ccc(=O)[nH]c2=O)C(C)(Cl)C1OC(=O)c1ccccc1. The first-order valence-electron chi connectivity index (χ1n) is 8.82. The molecule has 2 aromatic rings. The van der Waals surface area contributed by atoms with Crippen LogP contribution in [0.25, 0.3) is 0 Å². The van der Waals surface area contributed by atoms with Crippen LogP contribution in [0.4, 0.5) is 4.39 Å². The van der Waals surface area contributed by atoms with Gasteiger partial charge < -0.3 is 9.47 Å². The Bertz CT molecular complexity index is 974. The number of nitrogens with zero attached hydrogens (tertiary/aromatic N) is 1. The maximum Gasteiger partial charge on any atom is 0.338 e. The molecule has 0 radical (unpaired) electrons. The number of aromatic nitrogens is 2. The number of aromatic amines is 1. The molecule has 1 saturated heterocycles. The third-order valence-corrected chi connectivity index (χ3v) is 5.01. The van der Waals surface area contributed by atoms with Crippen molar-refractivity contribution in [2.24, 2.45) is 0 Å². The molecule has 3 rings (SSSR count). The minimum atomic E-state index is -2.41. The first-order valence-corrected chi connectivity index (χ1v) is 9.20. The van der Waals surface area contributed by atoms with Gasteiger partial charge in [-0.1, -0.05) is 31.5 Å². The maximum atomic E-state index is 15.7. The van der Waals surface area contributed by atoms with Crippen molar-refractivity contribution in [2.75, 3.05) is 0 Å². The molecule has 2 heterocycles. The number of hydrogen-bond donors (Lipinski definition) is 1. The Hall–Kier alpha value is -2.45. The molecule has 1 aliphatic rings. The fraction of sp³-hybridized carbons (Fsp3) is 0.421. The average Bonchev–Trinajstić information content (AvgIpc) is 2.83. The first kappa shape index (κ1) is 20.3. The summed E-state index contributed by atoms with van der Waals surface area (Å²) in [4.78, 5) is 36.5. The van der Waals surface area contributed by atoms with Crippen molar-refractivity contribution in [1.29, 1.82) is 0 Å². The van der Waals surface area contributed by atoms with Gasteiger partial charge in [-0.2, -0.15) is 0 Å². The standard InChI is InChI=1S/C19H20ClFN2O5/c1-3-10-19(21)15(27-14(25)12-7-5-4-6-8-12)18(2,20)16(28-19)23-11-9-13(24)22-17(23)26/h4-9,11,15-16H,3,10H2,1-2H3,(H,22,24,26). The molecule has 0 bridgehead atoms. The zero-order valence-electron chi connectivity index (χ0n) is 15.4. The van der Waals surface area contributed by atoms with Gasteiger partial charge in [0.15, 0.2) is 12.3 Å². The number of H-pyrrole nitrogens is 1. The molecule has 9 heteroatoms. The maximum absolute atomic E-state index is 15.7. The van der Waals surface area contributed by atoms with E-state index in [-0.39, 0.29) is 12.0 Å². The Kier molecular flexibility index (Phi) is 5.45. The van der Waals surface area contributed by atoms with Gasteiger partial charge in [-0.05, 0) is 19.1 Å². The number of hydrogen-bond acceptors (Lipinski definition) is 5. The van der Waals surface area contributed by atoms with Crippen LogP contribution in [0.3, 0.4) is 0 Å². The number of esters is 1. The van der Waals surface area contributed by atoms with Gasteiger partial charge in [-0.3, -0.25) is 14.3 Å². The minimum absolute atomic E-state index is 0.101. The molecule has 4 atom stereocenters. The predicted molar refractivity (Wildman–Crippen MR) is 100 cm³/mol. The number of rotatable bonds is 5. The van der Waals surface area contributed by atoms with Gasteiger partial charge in [0.1, 0.15) is 4.87 Å². The molecule has 7 nitrogen and oxygen atoms in total. The normalized spacial score (nSPS) is 29.6. The van der Waals surface area contributed by atoms with Crippen LogP contribution in [0, 0.1) is 0 Å². The van der Waals surface area contributed by atoms with Gasteiger partial charge in [0.25, 0.3) is 5.56 Å². The van der Waals surface area contributed by atoms with E-state index in [1.807, 2.05) is 0 Å². The fourth-order valence-electron chi connectivity index (χ4n) is 3.34. The molecule has 4 unspecified atom stereocenters. The third kappa shape index (κ3) is 3.62. The van der Waals surface area contributed by atoms with Gasteiger partial charge in [0.2, 0.25) is 5.85 Å². The topological polar surface area (TPSA) is 90.4 Å². The van der Waals surface area contributed by atoms with E-state index in [0.29, 0.717) is 6.42 Å². The van der Waals surface area contributed by atoms with E-state index in [2.05, 4.69) is 4.98 Å². The summed E-state index contributed by atoms with van der Waals surface area (Å²) in [6.07, 6.45) is -1.34. The van der Waals surface area contributed by atoms with Crippen molar-refractivity contribution in [2.45, 2.75) is 49.7 Å². The Morgan fingerprint density at radius 3 is 2.61 bits per heavy atom. The quantitative estimate of drug-likeness (QED) is 0.604. The van der Waals surface area contributed by atoms with E-state index in [9.17, 15) is 14.4 Å². The molecule has 150 valence electrons. The number of halogens is 2. The van der Waals surface area contributed by atoms with E-state index >= 15 is 4.39 Å². The highest BCUT2D eigenvalue weighted by molar-refractivity contribution is 6.24. The van der Waals surface area contributed by atoms with Crippen molar-refractivity contribution in [3.63, 3.8) is 0 Å². The Labute approximate surface area is 165 Å². The summed E-state index contributed by atoms with van der Waals surface area (Å²) in [5.74, 6) is -3.16. The number of alkyl halides is 2. The van der Waals surface area contributed by atoms with E-state index in [1.165, 1.54) is 25.3 Å². The highest BCUT2D eigenvalue weighted by Gasteiger charge is 2.65. The van der Waals surface area contributed by atoms with Gasteiger partial charge in [0.05, 0.1) is 5.56 Å². The number of ether oxygens (including phenoxy) is 2. The van der Waals surface area contributed by atoms with Crippen LogP contribution in [-0.4, -0.2) is 32.4 Å². The minimum Gasteiger partial charge on any atom is -0.451 e. The van der Waals surface area contributed by atoms with Crippen LogP contribution in [0.2, 0.25) is 0 Å². The Balaban J connectivity index is 2.00. The third-order valence-electron chi connectivity index (χ3n) is 4.62. The van der Waals surface area contributed by atoms with Gasteiger partial charge >= 0.3 is 11.7 Å². The van der Waals surface area contributed by atoms with Crippen molar-refractivity contribution in [1.82, 2.24) is 9.55 Å². The molecule has 0 spiro atoms. The van der Waals surface area contributed by atoms with Crippen LogP contribution in [-0.2, 0) is 9.47 Å². The first-order chi connectivity index (χ1) is 13.2. The molecular formula is C19H20ClFN2O5. The van der Waals surface area contributed by atoms with Crippen LogP contribution in [0.5, 0.6) is 0 Å². The molecule has 1 N–H and O–H groups in total. The van der Waals surface area contributed by atoms with Crippen LogP contribution < -0.4 is 11.2 Å². The number of nitrogens with one attached hydrogen (secondary N) is 1. The van der Waals surface area contributed by atoms with E-state index < -0.39 is 40.3 Å². The second-order valence-corrected chi connectivity index (χ2v) is 7.64. The second kappa shape index (κ2) is 7.52. The smallest absolute Gasteiger partial charge is 0.338 e. The molecule has 0 aliphatic carbocycles. The molecule has 0 saturated carbocycles. The zero-order chi connectivity index (χ0) is 20.5. The van der Waals surface area contributed by atoms with Crippen molar-refractivity contribution in [3.05, 3.63) is 69.0 Å². The summed E-state index contributed by atoms with van der Waals surface area (Å²) in [7, 11) is 0. The number of benzene rings is 1. The lowest BCUT2D eigenvalue weighted by atomic mass is 9.96. The van der Waals surface area contributed by atoms with Crippen molar-refractivity contribution >= 4 is 17.6 Å². The summed E-state index contributed by atoms with van der Waals surface area (Å²) in [5, 5.41) is 0. The molecular weight excluding hydrogens is 391 g/mol.